The van der Waals surface area contributed by atoms with Crippen molar-refractivity contribution in [2.75, 3.05) is 5.43 Å². The maximum atomic E-state index is 14.0. The first kappa shape index (κ1) is 23.4. The Morgan fingerprint density at radius 2 is 1.78 bits per heavy atom. The molecule has 3 aromatic rings. The molecule has 1 amide bonds. The minimum Gasteiger partial charge on any atom is -0.277 e. The summed E-state index contributed by atoms with van der Waals surface area (Å²) in [6.45, 7) is 5.33. The molecule has 0 unspecified atom stereocenters. The standard InChI is InChI=1S/C21H24FN5O4S/c1-4-27-20(29)14-9-5-7-11-16(14)23-21(27)25-24-19(28)18(13(2)3)26-32(30,31)17-12-8-6-10-15(17)22/h5-13,18,26H,4H2,1-3H3,(H,23,25)(H,24,28)/t18-/m0/s1. The van der Waals surface area contributed by atoms with Gasteiger partial charge in [-0.25, -0.2) is 17.8 Å². The predicted molar refractivity (Wildman–Crippen MR) is 119 cm³/mol. The molecule has 0 saturated heterocycles. The van der Waals surface area contributed by atoms with Crippen LogP contribution in [0.3, 0.4) is 0 Å². The molecule has 0 aliphatic rings. The largest absolute Gasteiger partial charge is 0.277 e. The SMILES string of the molecule is CCn1c(NNC(=O)[C@@H](NS(=O)(=O)c2ccccc2F)C(C)C)nc2ccccc2c1=O. The third kappa shape index (κ3) is 4.78. The molecule has 0 saturated carbocycles. The fourth-order valence-electron chi connectivity index (χ4n) is 3.14. The van der Waals surface area contributed by atoms with E-state index in [4.69, 9.17) is 0 Å². The topological polar surface area (TPSA) is 122 Å². The van der Waals surface area contributed by atoms with Crippen molar-refractivity contribution in [3.8, 4) is 0 Å². The molecule has 0 fully saturated rings. The quantitative estimate of drug-likeness (QED) is 0.441. The van der Waals surface area contributed by atoms with Crippen LogP contribution in [0.4, 0.5) is 10.3 Å². The predicted octanol–water partition coefficient (Wildman–Crippen LogP) is 2.00. The second-order valence-electron chi connectivity index (χ2n) is 7.39. The highest BCUT2D eigenvalue weighted by Crippen LogP contribution is 2.16. The number of rotatable bonds is 8. The summed E-state index contributed by atoms with van der Waals surface area (Å²) in [7, 11) is -4.30. The van der Waals surface area contributed by atoms with Gasteiger partial charge in [0.25, 0.3) is 11.5 Å². The van der Waals surface area contributed by atoms with Crippen molar-refractivity contribution in [2.24, 2.45) is 5.92 Å². The summed E-state index contributed by atoms with van der Waals surface area (Å²) in [6, 6.07) is 10.5. The zero-order valence-corrected chi connectivity index (χ0v) is 18.6. The minimum atomic E-state index is -4.30. The first-order valence-corrected chi connectivity index (χ1v) is 11.5. The minimum absolute atomic E-state index is 0.101. The van der Waals surface area contributed by atoms with Crippen molar-refractivity contribution in [2.45, 2.75) is 38.3 Å². The summed E-state index contributed by atoms with van der Waals surface area (Å²) < 4.78 is 42.8. The second-order valence-corrected chi connectivity index (χ2v) is 9.07. The first-order chi connectivity index (χ1) is 15.2. The number of hydrogen-bond donors (Lipinski definition) is 3. The van der Waals surface area contributed by atoms with Crippen LogP contribution in [-0.2, 0) is 21.4 Å². The number of sulfonamides is 1. The van der Waals surface area contributed by atoms with Gasteiger partial charge in [-0.1, -0.05) is 38.1 Å². The molecule has 0 aliphatic carbocycles. The van der Waals surface area contributed by atoms with E-state index in [2.05, 4.69) is 20.6 Å². The average molecular weight is 462 g/mol. The number of carbonyl (C=O) groups is 1. The molecule has 9 nitrogen and oxygen atoms in total. The Bertz CT molecular complexity index is 1310. The molecule has 32 heavy (non-hydrogen) atoms. The summed E-state index contributed by atoms with van der Waals surface area (Å²) in [5, 5.41) is 0.434. The van der Waals surface area contributed by atoms with Crippen LogP contribution in [0.25, 0.3) is 10.9 Å². The van der Waals surface area contributed by atoms with E-state index in [9.17, 15) is 22.4 Å². The van der Waals surface area contributed by atoms with Gasteiger partial charge in [-0.2, -0.15) is 4.72 Å². The van der Waals surface area contributed by atoms with E-state index in [-0.39, 0.29) is 11.5 Å². The number of amides is 1. The monoisotopic (exact) mass is 461 g/mol. The third-order valence-electron chi connectivity index (χ3n) is 4.83. The smallest absolute Gasteiger partial charge is 0.262 e. The summed E-state index contributed by atoms with van der Waals surface area (Å²) >= 11 is 0. The molecule has 0 spiro atoms. The molecule has 2 aromatic carbocycles. The zero-order valence-electron chi connectivity index (χ0n) is 17.8. The Morgan fingerprint density at radius 3 is 2.44 bits per heavy atom. The number of anilines is 1. The summed E-state index contributed by atoms with van der Waals surface area (Å²) in [5.74, 6) is -2.00. The number of aromatic nitrogens is 2. The van der Waals surface area contributed by atoms with E-state index in [1.807, 2.05) is 0 Å². The van der Waals surface area contributed by atoms with Gasteiger partial charge < -0.3 is 0 Å². The molecule has 0 radical (unpaired) electrons. The lowest BCUT2D eigenvalue weighted by Crippen LogP contribution is -2.51. The molecule has 3 N–H and O–H groups in total. The highest BCUT2D eigenvalue weighted by molar-refractivity contribution is 7.89. The van der Waals surface area contributed by atoms with Gasteiger partial charge in [0.05, 0.1) is 10.9 Å². The molecule has 1 atom stereocenters. The van der Waals surface area contributed by atoms with Crippen LogP contribution < -0.4 is 21.1 Å². The Kier molecular flexibility index (Phi) is 6.90. The number of para-hydroxylation sites is 1. The van der Waals surface area contributed by atoms with Crippen molar-refractivity contribution in [1.29, 1.82) is 0 Å². The van der Waals surface area contributed by atoms with Crippen LogP contribution in [0.2, 0.25) is 0 Å². The normalized spacial score (nSPS) is 12.7. The number of nitrogens with zero attached hydrogens (tertiary/aromatic N) is 2. The van der Waals surface area contributed by atoms with E-state index in [1.54, 1.807) is 45.0 Å². The number of hydrogen-bond acceptors (Lipinski definition) is 6. The van der Waals surface area contributed by atoms with Crippen LogP contribution in [0, 0.1) is 11.7 Å². The maximum absolute atomic E-state index is 14.0. The van der Waals surface area contributed by atoms with Crippen LogP contribution in [0.5, 0.6) is 0 Å². The average Bonchev–Trinajstić information content (AvgIpc) is 2.76. The van der Waals surface area contributed by atoms with E-state index in [1.165, 1.54) is 16.7 Å². The van der Waals surface area contributed by atoms with Crippen LogP contribution >= 0.6 is 0 Å². The Labute approximate surface area is 184 Å². The molecule has 11 heteroatoms. The Balaban J connectivity index is 1.83. The molecule has 3 rings (SSSR count). The molecular formula is C21H24FN5O4S. The highest BCUT2D eigenvalue weighted by atomic mass is 32.2. The number of carbonyl (C=O) groups excluding carboxylic acids is 1. The number of nitrogens with one attached hydrogen (secondary N) is 3. The summed E-state index contributed by atoms with van der Waals surface area (Å²) in [5.41, 5.74) is 5.18. The van der Waals surface area contributed by atoms with Gasteiger partial charge in [0.15, 0.2) is 0 Å². The second kappa shape index (κ2) is 9.45. The molecule has 1 aromatic heterocycles. The molecule has 0 aliphatic heterocycles. The van der Waals surface area contributed by atoms with Gasteiger partial charge >= 0.3 is 0 Å². The molecule has 1 heterocycles. The van der Waals surface area contributed by atoms with Crippen molar-refractivity contribution >= 4 is 32.8 Å². The highest BCUT2D eigenvalue weighted by Gasteiger charge is 2.30. The Morgan fingerprint density at radius 1 is 1.12 bits per heavy atom. The lowest BCUT2D eigenvalue weighted by atomic mass is 10.1. The summed E-state index contributed by atoms with van der Waals surface area (Å²) in [4.78, 5) is 29.3. The number of hydrazine groups is 1. The lowest BCUT2D eigenvalue weighted by Gasteiger charge is -2.22. The number of benzene rings is 2. The lowest BCUT2D eigenvalue weighted by molar-refractivity contribution is -0.123. The molecular weight excluding hydrogens is 437 g/mol. The van der Waals surface area contributed by atoms with Crippen molar-refractivity contribution in [3.63, 3.8) is 0 Å². The van der Waals surface area contributed by atoms with Crippen molar-refractivity contribution in [1.82, 2.24) is 19.7 Å². The fraction of sp³-hybridized carbons (Fsp3) is 0.286. The van der Waals surface area contributed by atoms with E-state index in [0.717, 1.165) is 12.1 Å². The number of fused-ring (bicyclic) bond motifs is 1. The van der Waals surface area contributed by atoms with Crippen LogP contribution in [-0.4, -0.2) is 29.9 Å². The van der Waals surface area contributed by atoms with Crippen LogP contribution in [0.1, 0.15) is 20.8 Å². The van der Waals surface area contributed by atoms with E-state index < -0.39 is 38.6 Å². The van der Waals surface area contributed by atoms with Gasteiger partial charge in [-0.05, 0) is 37.1 Å². The van der Waals surface area contributed by atoms with Gasteiger partial charge in [0.1, 0.15) is 16.8 Å². The van der Waals surface area contributed by atoms with Crippen molar-refractivity contribution < 1.29 is 17.6 Å². The van der Waals surface area contributed by atoms with Gasteiger partial charge in [0.2, 0.25) is 16.0 Å². The molecule has 170 valence electrons. The molecule has 0 bridgehead atoms. The maximum Gasteiger partial charge on any atom is 0.262 e. The zero-order chi connectivity index (χ0) is 23.5. The van der Waals surface area contributed by atoms with Crippen molar-refractivity contribution in [3.05, 3.63) is 64.7 Å². The van der Waals surface area contributed by atoms with Gasteiger partial charge in [-0.3, -0.25) is 25.0 Å². The number of halogens is 1. The van der Waals surface area contributed by atoms with Gasteiger partial charge in [-0.15, -0.1) is 0 Å². The van der Waals surface area contributed by atoms with E-state index >= 15 is 0 Å². The van der Waals surface area contributed by atoms with Crippen LogP contribution in [0.15, 0.2) is 58.2 Å². The van der Waals surface area contributed by atoms with E-state index in [0.29, 0.717) is 17.4 Å². The Hall–Kier alpha value is -3.31. The van der Waals surface area contributed by atoms with Gasteiger partial charge in [0, 0.05) is 6.54 Å². The third-order valence-corrected chi connectivity index (χ3v) is 6.31. The fourth-order valence-corrected chi connectivity index (χ4v) is 4.56. The summed E-state index contributed by atoms with van der Waals surface area (Å²) in [6.07, 6.45) is 0. The first-order valence-electron chi connectivity index (χ1n) is 9.98.